The molecule has 1 aromatic carbocycles. The van der Waals surface area contributed by atoms with Crippen molar-refractivity contribution >= 4 is 19.0 Å². The molecule has 6 nitrogen and oxygen atoms in total. The van der Waals surface area contributed by atoms with E-state index in [1.807, 2.05) is 30.3 Å². The van der Waals surface area contributed by atoms with E-state index in [1.54, 1.807) is 0 Å². The number of aliphatic imine (C=N–C) groups is 3. The Morgan fingerprint density at radius 3 is 2.90 bits per heavy atom. The normalized spacial score (nSPS) is 13.3. The molecule has 1 aromatic rings. The highest BCUT2D eigenvalue weighted by Crippen LogP contribution is 2.08. The summed E-state index contributed by atoms with van der Waals surface area (Å²) in [5, 5.41) is 3.23. The zero-order chi connectivity index (χ0) is 14.6. The number of hydrogen-bond acceptors (Lipinski definition) is 3. The first-order valence-electron chi connectivity index (χ1n) is 6.42. The maximum Gasteiger partial charge on any atom is 0.220 e. The van der Waals surface area contributed by atoms with Crippen LogP contribution in [0.2, 0.25) is 0 Å². The van der Waals surface area contributed by atoms with E-state index in [2.05, 4.69) is 33.9 Å². The number of para-hydroxylation sites is 1. The second-order valence-corrected chi connectivity index (χ2v) is 4.16. The molecule has 0 radical (unpaired) electrons. The minimum Gasteiger partial charge on any atom is -0.494 e. The standard InChI is InChI=1S/C14H21N5O/c1-12(18-10-17-11-19-14(15)16-2)8-9-20-13-6-4-3-5-7-13/h3-7,11-12,18H,2,8-10H2,1H3,(H2,15,17,19). The third-order valence-electron chi connectivity index (χ3n) is 2.53. The van der Waals surface area contributed by atoms with Crippen molar-refractivity contribution in [3.63, 3.8) is 0 Å². The Morgan fingerprint density at radius 1 is 1.45 bits per heavy atom. The van der Waals surface area contributed by atoms with E-state index >= 15 is 0 Å². The van der Waals surface area contributed by atoms with Gasteiger partial charge in [0.1, 0.15) is 12.1 Å². The van der Waals surface area contributed by atoms with Gasteiger partial charge in [-0.25, -0.2) is 9.98 Å². The van der Waals surface area contributed by atoms with E-state index in [1.165, 1.54) is 6.34 Å². The van der Waals surface area contributed by atoms with Crippen LogP contribution in [0.15, 0.2) is 45.3 Å². The first-order valence-corrected chi connectivity index (χ1v) is 6.42. The van der Waals surface area contributed by atoms with Gasteiger partial charge in [-0.05, 0) is 32.2 Å². The Hall–Kier alpha value is -2.21. The number of ether oxygens (including phenoxy) is 1. The lowest BCUT2D eigenvalue weighted by Crippen LogP contribution is -2.27. The molecule has 0 aliphatic heterocycles. The molecule has 0 bridgehead atoms. The molecule has 20 heavy (non-hydrogen) atoms. The summed E-state index contributed by atoms with van der Waals surface area (Å²) in [6, 6.07) is 10.1. The molecule has 0 saturated heterocycles. The molecule has 0 heterocycles. The third-order valence-corrected chi connectivity index (χ3v) is 2.53. The Bertz CT molecular complexity index is 444. The van der Waals surface area contributed by atoms with Gasteiger partial charge in [0, 0.05) is 6.04 Å². The second kappa shape index (κ2) is 9.69. The maximum absolute atomic E-state index is 5.61. The summed E-state index contributed by atoms with van der Waals surface area (Å²) in [4.78, 5) is 11.2. The van der Waals surface area contributed by atoms with E-state index < -0.39 is 0 Å². The van der Waals surface area contributed by atoms with Crippen molar-refractivity contribution < 1.29 is 4.74 Å². The van der Waals surface area contributed by atoms with Crippen LogP contribution in [0.1, 0.15) is 13.3 Å². The third kappa shape index (κ3) is 7.27. The van der Waals surface area contributed by atoms with Gasteiger partial charge in [-0.1, -0.05) is 18.2 Å². The average Bonchev–Trinajstić information content (AvgIpc) is 2.47. The molecule has 0 saturated carbocycles. The fourth-order valence-corrected chi connectivity index (χ4v) is 1.36. The number of guanidine groups is 1. The van der Waals surface area contributed by atoms with Crippen LogP contribution in [0, 0.1) is 0 Å². The van der Waals surface area contributed by atoms with Gasteiger partial charge in [-0.15, -0.1) is 0 Å². The molecule has 0 amide bonds. The van der Waals surface area contributed by atoms with Crippen LogP contribution in [0.25, 0.3) is 0 Å². The fraction of sp³-hybridized carbons (Fsp3) is 0.357. The summed E-state index contributed by atoms with van der Waals surface area (Å²) in [7, 11) is 0. The Balaban J connectivity index is 2.11. The van der Waals surface area contributed by atoms with Crippen molar-refractivity contribution in [2.45, 2.75) is 19.4 Å². The fourth-order valence-electron chi connectivity index (χ4n) is 1.36. The summed E-state index contributed by atoms with van der Waals surface area (Å²) in [5.74, 6) is 0.998. The summed E-state index contributed by atoms with van der Waals surface area (Å²) in [5.41, 5.74) is 5.33. The summed E-state index contributed by atoms with van der Waals surface area (Å²) in [6.45, 7) is 6.46. The van der Waals surface area contributed by atoms with Gasteiger partial charge in [0.05, 0.1) is 13.3 Å². The maximum atomic E-state index is 5.61. The van der Waals surface area contributed by atoms with Crippen molar-refractivity contribution in [3.05, 3.63) is 30.3 Å². The van der Waals surface area contributed by atoms with Crippen LogP contribution >= 0.6 is 0 Å². The number of benzene rings is 1. The molecule has 6 heteroatoms. The Kier molecular flexibility index (Phi) is 7.67. The second-order valence-electron chi connectivity index (χ2n) is 4.16. The lowest BCUT2D eigenvalue weighted by molar-refractivity contribution is 0.291. The number of rotatable bonds is 8. The zero-order valence-corrected chi connectivity index (χ0v) is 11.7. The van der Waals surface area contributed by atoms with Crippen LogP contribution in [-0.2, 0) is 0 Å². The average molecular weight is 275 g/mol. The van der Waals surface area contributed by atoms with E-state index in [0.29, 0.717) is 19.3 Å². The van der Waals surface area contributed by atoms with Gasteiger partial charge in [0.25, 0.3) is 0 Å². The van der Waals surface area contributed by atoms with Crippen molar-refractivity contribution in [1.29, 1.82) is 0 Å². The number of hydrogen-bond donors (Lipinski definition) is 2. The summed E-state index contributed by atoms with van der Waals surface area (Å²) in [6.07, 6.45) is 2.26. The Labute approximate surface area is 119 Å². The van der Waals surface area contributed by atoms with Crippen LogP contribution in [0.3, 0.4) is 0 Å². The van der Waals surface area contributed by atoms with Gasteiger partial charge in [-0.2, -0.15) is 0 Å². The van der Waals surface area contributed by atoms with Gasteiger partial charge >= 0.3 is 0 Å². The highest BCUT2D eigenvalue weighted by atomic mass is 16.5. The molecule has 0 spiro atoms. The topological polar surface area (TPSA) is 84.4 Å². The first kappa shape index (κ1) is 15.8. The molecule has 0 fully saturated rings. The SMILES string of the molecule is C=NC(N)=N/C=N\CNC(C)CCOc1ccccc1. The largest absolute Gasteiger partial charge is 0.494 e. The van der Waals surface area contributed by atoms with Crippen LogP contribution in [0.5, 0.6) is 5.75 Å². The van der Waals surface area contributed by atoms with Gasteiger partial charge in [0.2, 0.25) is 5.96 Å². The lowest BCUT2D eigenvalue weighted by atomic mass is 10.2. The molecular formula is C14H21N5O. The van der Waals surface area contributed by atoms with Crippen molar-refractivity contribution in [1.82, 2.24) is 5.32 Å². The monoisotopic (exact) mass is 275 g/mol. The summed E-state index contributed by atoms with van der Waals surface area (Å²) >= 11 is 0. The van der Waals surface area contributed by atoms with Crippen LogP contribution < -0.4 is 15.8 Å². The predicted molar refractivity (Wildman–Crippen MR) is 83.7 cm³/mol. The van der Waals surface area contributed by atoms with Gasteiger partial charge < -0.3 is 10.5 Å². The van der Waals surface area contributed by atoms with E-state index in [-0.39, 0.29) is 5.96 Å². The van der Waals surface area contributed by atoms with Crippen molar-refractivity contribution in [2.24, 2.45) is 20.7 Å². The Morgan fingerprint density at radius 2 is 2.20 bits per heavy atom. The lowest BCUT2D eigenvalue weighted by Gasteiger charge is -2.12. The molecule has 1 unspecified atom stereocenters. The van der Waals surface area contributed by atoms with Gasteiger partial charge in [0.15, 0.2) is 0 Å². The van der Waals surface area contributed by atoms with E-state index in [4.69, 9.17) is 10.5 Å². The minimum absolute atomic E-state index is 0.109. The molecule has 0 aliphatic carbocycles. The number of nitrogens with one attached hydrogen (secondary N) is 1. The predicted octanol–water partition coefficient (Wildman–Crippen LogP) is 1.43. The van der Waals surface area contributed by atoms with Crippen LogP contribution in [-0.4, -0.2) is 38.3 Å². The molecule has 0 aromatic heterocycles. The molecule has 3 N–H and O–H groups in total. The highest BCUT2D eigenvalue weighted by molar-refractivity contribution is 5.88. The van der Waals surface area contributed by atoms with Crippen LogP contribution in [0.4, 0.5) is 0 Å². The molecule has 108 valence electrons. The van der Waals surface area contributed by atoms with Crippen molar-refractivity contribution in [3.8, 4) is 5.75 Å². The highest BCUT2D eigenvalue weighted by Gasteiger charge is 2.00. The first-order chi connectivity index (χ1) is 9.72. The van der Waals surface area contributed by atoms with E-state index in [0.717, 1.165) is 12.2 Å². The molecule has 1 atom stereocenters. The van der Waals surface area contributed by atoms with E-state index in [9.17, 15) is 0 Å². The van der Waals surface area contributed by atoms with Crippen molar-refractivity contribution in [2.75, 3.05) is 13.3 Å². The van der Waals surface area contributed by atoms with Gasteiger partial charge in [-0.3, -0.25) is 10.3 Å². The minimum atomic E-state index is 0.109. The quantitative estimate of drug-likeness (QED) is 0.556. The zero-order valence-electron chi connectivity index (χ0n) is 11.7. The number of nitrogens with two attached hydrogens (primary N) is 1. The molecular weight excluding hydrogens is 254 g/mol. The molecule has 0 aliphatic rings. The molecule has 1 rings (SSSR count). The smallest absolute Gasteiger partial charge is 0.220 e. The summed E-state index contributed by atoms with van der Waals surface area (Å²) < 4.78 is 5.61. The number of nitrogens with zero attached hydrogens (tertiary/aromatic N) is 3.